The first kappa shape index (κ1) is 16.6. The van der Waals surface area contributed by atoms with E-state index in [-0.39, 0.29) is 11.7 Å². The number of H-pyrrole nitrogens is 1. The van der Waals surface area contributed by atoms with Crippen molar-refractivity contribution in [2.75, 3.05) is 13.1 Å². The van der Waals surface area contributed by atoms with Crippen molar-refractivity contribution in [1.29, 1.82) is 0 Å². The Morgan fingerprint density at radius 2 is 1.92 bits per heavy atom. The van der Waals surface area contributed by atoms with E-state index >= 15 is 0 Å². The number of carbonyl (C=O) groups excluding carboxylic acids is 1. The molecule has 1 aliphatic rings. The number of rotatable bonds is 3. The number of amides is 1. The Bertz CT molecular complexity index is 985. The van der Waals surface area contributed by atoms with Crippen LogP contribution in [0.15, 0.2) is 54.6 Å². The fourth-order valence-corrected chi connectivity index (χ4v) is 3.70. The minimum absolute atomic E-state index is 0.0857. The van der Waals surface area contributed by atoms with Crippen LogP contribution < -0.4 is 0 Å². The molecule has 1 aromatic heterocycles. The molecule has 4 heteroatoms. The first-order valence-electron chi connectivity index (χ1n) is 8.91. The van der Waals surface area contributed by atoms with Crippen molar-refractivity contribution in [3.63, 3.8) is 0 Å². The number of halogens is 1. The predicted octanol–water partition coefficient (Wildman–Crippen LogP) is 4.47. The van der Waals surface area contributed by atoms with E-state index in [0.717, 1.165) is 17.5 Å². The maximum Gasteiger partial charge on any atom is 0.227 e. The molecule has 0 radical (unpaired) electrons. The lowest BCUT2D eigenvalue weighted by molar-refractivity contribution is -0.130. The smallest absolute Gasteiger partial charge is 0.227 e. The Balaban J connectivity index is 1.50. The van der Waals surface area contributed by atoms with Crippen molar-refractivity contribution in [2.24, 2.45) is 0 Å². The molecule has 132 valence electrons. The van der Waals surface area contributed by atoms with Gasteiger partial charge in [0.05, 0.1) is 6.42 Å². The van der Waals surface area contributed by atoms with Gasteiger partial charge in [-0.25, -0.2) is 4.39 Å². The maximum atomic E-state index is 13.0. The number of carbonyl (C=O) groups is 1. The van der Waals surface area contributed by atoms with Gasteiger partial charge in [-0.05, 0) is 42.7 Å². The normalized spacial score (nSPS) is 14.5. The Kier molecular flexibility index (Phi) is 4.33. The zero-order chi connectivity index (χ0) is 18.1. The number of hydrogen-bond donors (Lipinski definition) is 1. The molecule has 4 rings (SSSR count). The first-order chi connectivity index (χ1) is 12.6. The quantitative estimate of drug-likeness (QED) is 0.745. The second-order valence-corrected chi connectivity index (χ2v) is 6.79. The van der Waals surface area contributed by atoms with Gasteiger partial charge in [0.1, 0.15) is 5.82 Å². The van der Waals surface area contributed by atoms with Gasteiger partial charge in [0.2, 0.25) is 5.91 Å². The van der Waals surface area contributed by atoms with Crippen LogP contribution in [0.1, 0.15) is 23.2 Å². The molecule has 0 unspecified atom stereocenters. The number of nitrogens with zero attached hydrogens (tertiary/aromatic N) is 1. The summed E-state index contributed by atoms with van der Waals surface area (Å²) in [5.74, 6) is -0.191. The number of aromatic amines is 1. The molecule has 2 aromatic carbocycles. The molecular weight excluding hydrogens is 327 g/mol. The lowest BCUT2D eigenvalue weighted by Gasteiger charge is -2.27. The molecule has 1 aliphatic heterocycles. The number of aromatic nitrogens is 1. The second kappa shape index (κ2) is 6.79. The van der Waals surface area contributed by atoms with Gasteiger partial charge in [0.25, 0.3) is 0 Å². The summed E-state index contributed by atoms with van der Waals surface area (Å²) in [6.45, 7) is 3.43. The van der Waals surface area contributed by atoms with E-state index in [4.69, 9.17) is 0 Å². The Labute approximate surface area is 152 Å². The topological polar surface area (TPSA) is 36.1 Å². The van der Waals surface area contributed by atoms with Crippen molar-refractivity contribution in [1.82, 2.24) is 9.88 Å². The SMILES string of the molecule is Cc1[nH]c2ccccc2c1C1=CCN(C(=O)Cc2ccc(F)cc2)CC1. The van der Waals surface area contributed by atoms with Crippen LogP contribution in [0.25, 0.3) is 16.5 Å². The standard InChI is InChI=1S/C22H21FN2O/c1-15-22(19-4-2-3-5-20(19)24-15)17-10-12-25(13-11-17)21(26)14-16-6-8-18(23)9-7-16/h2-10,24H,11-14H2,1H3. The lowest BCUT2D eigenvalue weighted by Crippen LogP contribution is -2.35. The third kappa shape index (κ3) is 3.15. The minimum Gasteiger partial charge on any atom is -0.358 e. The molecule has 0 spiro atoms. The summed E-state index contributed by atoms with van der Waals surface area (Å²) >= 11 is 0. The summed E-state index contributed by atoms with van der Waals surface area (Å²) in [4.78, 5) is 17.8. The minimum atomic E-state index is -0.277. The monoisotopic (exact) mass is 348 g/mol. The number of fused-ring (bicyclic) bond motifs is 1. The third-order valence-electron chi connectivity index (χ3n) is 5.05. The van der Waals surface area contributed by atoms with Crippen molar-refractivity contribution in [2.45, 2.75) is 19.8 Å². The number of benzene rings is 2. The summed E-state index contributed by atoms with van der Waals surface area (Å²) < 4.78 is 13.0. The molecule has 26 heavy (non-hydrogen) atoms. The largest absolute Gasteiger partial charge is 0.358 e. The molecule has 0 atom stereocenters. The van der Waals surface area contributed by atoms with Gasteiger partial charge in [0.15, 0.2) is 0 Å². The van der Waals surface area contributed by atoms with Gasteiger partial charge in [-0.2, -0.15) is 0 Å². The van der Waals surface area contributed by atoms with Gasteiger partial charge in [-0.15, -0.1) is 0 Å². The molecule has 2 heterocycles. The average molecular weight is 348 g/mol. The fourth-order valence-electron chi connectivity index (χ4n) is 3.70. The molecular formula is C22H21FN2O. The van der Waals surface area contributed by atoms with Gasteiger partial charge in [-0.3, -0.25) is 4.79 Å². The van der Waals surface area contributed by atoms with E-state index in [0.29, 0.717) is 19.5 Å². The van der Waals surface area contributed by atoms with Crippen molar-refractivity contribution >= 4 is 22.4 Å². The first-order valence-corrected chi connectivity index (χ1v) is 8.91. The second-order valence-electron chi connectivity index (χ2n) is 6.79. The van der Waals surface area contributed by atoms with Crippen LogP contribution in [-0.4, -0.2) is 28.9 Å². The highest BCUT2D eigenvalue weighted by Crippen LogP contribution is 2.32. The molecule has 0 saturated heterocycles. The Morgan fingerprint density at radius 3 is 2.65 bits per heavy atom. The summed E-state index contributed by atoms with van der Waals surface area (Å²) in [5, 5.41) is 1.24. The highest BCUT2D eigenvalue weighted by molar-refractivity contribution is 5.94. The maximum absolute atomic E-state index is 13.0. The van der Waals surface area contributed by atoms with Crippen LogP contribution >= 0.6 is 0 Å². The van der Waals surface area contributed by atoms with Gasteiger partial charge >= 0.3 is 0 Å². The summed E-state index contributed by atoms with van der Waals surface area (Å²) in [6, 6.07) is 14.5. The summed E-state index contributed by atoms with van der Waals surface area (Å²) in [5.41, 5.74) is 5.73. The molecule has 3 nitrogen and oxygen atoms in total. The molecule has 0 saturated carbocycles. The van der Waals surface area contributed by atoms with E-state index in [1.165, 1.54) is 34.3 Å². The zero-order valence-electron chi connectivity index (χ0n) is 14.8. The molecule has 0 bridgehead atoms. The highest BCUT2D eigenvalue weighted by Gasteiger charge is 2.20. The van der Waals surface area contributed by atoms with Crippen molar-refractivity contribution in [3.05, 3.63) is 77.2 Å². The van der Waals surface area contributed by atoms with Gasteiger partial charge in [0, 0.05) is 35.2 Å². The number of aryl methyl sites for hydroxylation is 1. The molecule has 1 N–H and O–H groups in total. The highest BCUT2D eigenvalue weighted by atomic mass is 19.1. The van der Waals surface area contributed by atoms with E-state index in [2.05, 4.69) is 36.2 Å². The fraction of sp³-hybridized carbons (Fsp3) is 0.227. The summed E-state index contributed by atoms with van der Waals surface area (Å²) in [7, 11) is 0. The average Bonchev–Trinajstić information content (AvgIpc) is 2.99. The van der Waals surface area contributed by atoms with Crippen LogP contribution in [0.4, 0.5) is 4.39 Å². The predicted molar refractivity (Wildman–Crippen MR) is 102 cm³/mol. The van der Waals surface area contributed by atoms with Crippen LogP contribution in [0.3, 0.4) is 0 Å². The van der Waals surface area contributed by atoms with Gasteiger partial charge in [-0.1, -0.05) is 36.4 Å². The number of para-hydroxylation sites is 1. The lowest BCUT2D eigenvalue weighted by atomic mass is 9.96. The van der Waals surface area contributed by atoms with E-state index < -0.39 is 0 Å². The Hall–Kier alpha value is -2.88. The van der Waals surface area contributed by atoms with Crippen molar-refractivity contribution in [3.8, 4) is 0 Å². The van der Waals surface area contributed by atoms with E-state index in [9.17, 15) is 9.18 Å². The van der Waals surface area contributed by atoms with E-state index in [1.807, 2.05) is 11.0 Å². The molecule has 0 fully saturated rings. The number of hydrogen-bond acceptors (Lipinski definition) is 1. The van der Waals surface area contributed by atoms with Crippen LogP contribution in [-0.2, 0) is 11.2 Å². The third-order valence-corrected chi connectivity index (χ3v) is 5.05. The van der Waals surface area contributed by atoms with Crippen LogP contribution in [0.5, 0.6) is 0 Å². The molecule has 3 aromatic rings. The van der Waals surface area contributed by atoms with Crippen molar-refractivity contribution < 1.29 is 9.18 Å². The Morgan fingerprint density at radius 1 is 1.15 bits per heavy atom. The number of nitrogens with one attached hydrogen (secondary N) is 1. The molecule has 1 amide bonds. The van der Waals surface area contributed by atoms with Crippen LogP contribution in [0.2, 0.25) is 0 Å². The summed E-state index contributed by atoms with van der Waals surface area (Å²) in [6.07, 6.45) is 3.32. The van der Waals surface area contributed by atoms with Gasteiger partial charge < -0.3 is 9.88 Å². The zero-order valence-corrected chi connectivity index (χ0v) is 14.8. The van der Waals surface area contributed by atoms with E-state index in [1.54, 1.807) is 12.1 Å². The van der Waals surface area contributed by atoms with Crippen LogP contribution in [0, 0.1) is 12.7 Å². The molecule has 0 aliphatic carbocycles.